The van der Waals surface area contributed by atoms with E-state index in [4.69, 9.17) is 14.2 Å². The molecule has 1 unspecified atom stereocenters. The van der Waals surface area contributed by atoms with Gasteiger partial charge in [0.2, 0.25) is 0 Å². The number of methoxy groups -OCH3 is 2. The third-order valence-electron chi connectivity index (χ3n) is 2.34. The Morgan fingerprint density at radius 1 is 1.24 bits per heavy atom. The van der Waals surface area contributed by atoms with Crippen LogP contribution in [0.15, 0.2) is 18.2 Å². The van der Waals surface area contributed by atoms with Crippen molar-refractivity contribution in [3.63, 3.8) is 0 Å². The van der Waals surface area contributed by atoms with E-state index in [-0.39, 0.29) is 6.10 Å². The number of rotatable bonds is 7. The zero-order valence-electron chi connectivity index (χ0n) is 10.9. The second-order valence-corrected chi connectivity index (χ2v) is 3.90. The molecule has 1 rings (SSSR count). The van der Waals surface area contributed by atoms with Crippen molar-refractivity contribution < 1.29 is 14.2 Å². The van der Waals surface area contributed by atoms with E-state index in [1.807, 2.05) is 32.2 Å². The molecule has 0 heterocycles. The lowest BCUT2D eigenvalue weighted by Gasteiger charge is -2.17. The van der Waals surface area contributed by atoms with Gasteiger partial charge in [-0.2, -0.15) is 0 Å². The molecule has 0 amide bonds. The summed E-state index contributed by atoms with van der Waals surface area (Å²) in [6, 6.07) is 5.92. The van der Waals surface area contributed by atoms with Gasteiger partial charge in [0.25, 0.3) is 0 Å². The molecule has 0 spiro atoms. The number of ether oxygens (including phenoxy) is 3. The van der Waals surface area contributed by atoms with Crippen molar-refractivity contribution in [3.05, 3.63) is 23.8 Å². The van der Waals surface area contributed by atoms with Crippen LogP contribution in [0.4, 0.5) is 0 Å². The molecule has 1 aromatic carbocycles. The fourth-order valence-corrected chi connectivity index (χ4v) is 1.61. The van der Waals surface area contributed by atoms with E-state index in [0.717, 1.165) is 23.6 Å². The standard InChI is InChI=1S/C13H21NO3/c1-10(9-15-3)17-13-7-11(8-14-2)5-6-12(13)16-4/h5-7,10,14H,8-9H2,1-4H3. The Hall–Kier alpha value is -1.26. The smallest absolute Gasteiger partial charge is 0.162 e. The summed E-state index contributed by atoms with van der Waals surface area (Å²) in [5, 5.41) is 3.11. The minimum absolute atomic E-state index is 0.00117. The normalized spacial score (nSPS) is 12.2. The molecule has 96 valence electrons. The summed E-state index contributed by atoms with van der Waals surface area (Å²) in [5.41, 5.74) is 1.16. The number of nitrogens with one attached hydrogen (secondary N) is 1. The molecule has 17 heavy (non-hydrogen) atoms. The Balaban J connectivity index is 2.81. The Labute approximate surface area is 103 Å². The lowest BCUT2D eigenvalue weighted by molar-refractivity contribution is 0.0899. The van der Waals surface area contributed by atoms with Crippen LogP contribution in [0.2, 0.25) is 0 Å². The first kappa shape index (κ1) is 13.8. The first-order valence-electron chi connectivity index (χ1n) is 5.68. The fraction of sp³-hybridized carbons (Fsp3) is 0.538. The van der Waals surface area contributed by atoms with Gasteiger partial charge in [-0.3, -0.25) is 0 Å². The third kappa shape index (κ3) is 4.24. The van der Waals surface area contributed by atoms with Gasteiger partial charge in [0, 0.05) is 13.7 Å². The summed E-state index contributed by atoms with van der Waals surface area (Å²) in [5.74, 6) is 1.50. The predicted octanol–water partition coefficient (Wildman–Crippen LogP) is 1.83. The van der Waals surface area contributed by atoms with E-state index in [2.05, 4.69) is 5.32 Å². The van der Waals surface area contributed by atoms with Gasteiger partial charge >= 0.3 is 0 Å². The van der Waals surface area contributed by atoms with Crippen molar-refractivity contribution in [2.45, 2.75) is 19.6 Å². The monoisotopic (exact) mass is 239 g/mol. The van der Waals surface area contributed by atoms with E-state index in [0.29, 0.717) is 6.61 Å². The molecule has 0 saturated carbocycles. The molecule has 0 radical (unpaired) electrons. The van der Waals surface area contributed by atoms with Crippen molar-refractivity contribution in [2.24, 2.45) is 0 Å². The topological polar surface area (TPSA) is 39.7 Å². The molecule has 0 aliphatic rings. The molecule has 4 nitrogen and oxygen atoms in total. The Bertz CT molecular complexity index is 341. The zero-order chi connectivity index (χ0) is 12.7. The van der Waals surface area contributed by atoms with Crippen LogP contribution >= 0.6 is 0 Å². The average molecular weight is 239 g/mol. The summed E-state index contributed by atoms with van der Waals surface area (Å²) in [6.07, 6.45) is -0.00117. The van der Waals surface area contributed by atoms with Gasteiger partial charge in [-0.1, -0.05) is 6.07 Å². The summed E-state index contributed by atoms with van der Waals surface area (Å²) in [7, 11) is 5.22. The van der Waals surface area contributed by atoms with Gasteiger partial charge in [0.1, 0.15) is 6.10 Å². The summed E-state index contributed by atoms with van der Waals surface area (Å²) < 4.78 is 16.1. The molecule has 0 aliphatic heterocycles. The largest absolute Gasteiger partial charge is 0.493 e. The lowest BCUT2D eigenvalue weighted by atomic mass is 10.2. The maximum atomic E-state index is 5.79. The molecule has 1 atom stereocenters. The number of hydrogen-bond donors (Lipinski definition) is 1. The number of hydrogen-bond acceptors (Lipinski definition) is 4. The first-order chi connectivity index (χ1) is 8.21. The third-order valence-corrected chi connectivity index (χ3v) is 2.34. The van der Waals surface area contributed by atoms with Gasteiger partial charge in [0.15, 0.2) is 11.5 Å². The Morgan fingerprint density at radius 3 is 2.59 bits per heavy atom. The molecule has 0 aliphatic carbocycles. The fourth-order valence-electron chi connectivity index (χ4n) is 1.61. The van der Waals surface area contributed by atoms with Crippen molar-refractivity contribution in [3.8, 4) is 11.5 Å². The second-order valence-electron chi connectivity index (χ2n) is 3.90. The summed E-state index contributed by atoms with van der Waals surface area (Å²) >= 11 is 0. The SMILES string of the molecule is CNCc1ccc(OC)c(OC(C)COC)c1. The summed E-state index contributed by atoms with van der Waals surface area (Å²) in [6.45, 7) is 3.33. The lowest BCUT2D eigenvalue weighted by Crippen LogP contribution is -2.18. The van der Waals surface area contributed by atoms with Crippen LogP contribution in [-0.2, 0) is 11.3 Å². The Kier molecular flexibility index (Phi) is 5.80. The minimum Gasteiger partial charge on any atom is -0.493 e. The predicted molar refractivity (Wildman–Crippen MR) is 67.7 cm³/mol. The highest BCUT2D eigenvalue weighted by molar-refractivity contribution is 5.43. The van der Waals surface area contributed by atoms with Crippen LogP contribution in [-0.4, -0.2) is 34.0 Å². The van der Waals surface area contributed by atoms with Crippen molar-refractivity contribution in [1.82, 2.24) is 5.32 Å². The molecule has 0 bridgehead atoms. The van der Waals surface area contributed by atoms with E-state index < -0.39 is 0 Å². The van der Waals surface area contributed by atoms with Gasteiger partial charge < -0.3 is 19.5 Å². The highest BCUT2D eigenvalue weighted by Gasteiger charge is 2.09. The molecule has 0 aromatic heterocycles. The van der Waals surface area contributed by atoms with Gasteiger partial charge in [-0.15, -0.1) is 0 Å². The molecule has 1 aromatic rings. The van der Waals surface area contributed by atoms with Crippen molar-refractivity contribution in [2.75, 3.05) is 27.9 Å². The molecule has 0 fully saturated rings. The number of benzene rings is 1. The van der Waals surface area contributed by atoms with Gasteiger partial charge in [-0.25, -0.2) is 0 Å². The molecule has 1 N–H and O–H groups in total. The first-order valence-corrected chi connectivity index (χ1v) is 5.68. The van der Waals surface area contributed by atoms with Crippen LogP contribution in [0, 0.1) is 0 Å². The van der Waals surface area contributed by atoms with Gasteiger partial charge in [0.05, 0.1) is 13.7 Å². The minimum atomic E-state index is -0.00117. The van der Waals surface area contributed by atoms with E-state index in [1.54, 1.807) is 14.2 Å². The van der Waals surface area contributed by atoms with Crippen LogP contribution in [0.5, 0.6) is 11.5 Å². The van der Waals surface area contributed by atoms with Crippen LogP contribution < -0.4 is 14.8 Å². The van der Waals surface area contributed by atoms with E-state index >= 15 is 0 Å². The van der Waals surface area contributed by atoms with Crippen LogP contribution in [0.25, 0.3) is 0 Å². The second kappa shape index (κ2) is 7.14. The van der Waals surface area contributed by atoms with Crippen molar-refractivity contribution in [1.29, 1.82) is 0 Å². The van der Waals surface area contributed by atoms with Gasteiger partial charge in [-0.05, 0) is 31.7 Å². The zero-order valence-corrected chi connectivity index (χ0v) is 10.9. The maximum absolute atomic E-state index is 5.79. The molecule has 4 heteroatoms. The molecular formula is C13H21NO3. The van der Waals surface area contributed by atoms with E-state index in [9.17, 15) is 0 Å². The quantitative estimate of drug-likeness (QED) is 0.788. The maximum Gasteiger partial charge on any atom is 0.162 e. The molecular weight excluding hydrogens is 218 g/mol. The van der Waals surface area contributed by atoms with E-state index in [1.165, 1.54) is 0 Å². The average Bonchev–Trinajstić information content (AvgIpc) is 2.30. The van der Waals surface area contributed by atoms with Crippen LogP contribution in [0.3, 0.4) is 0 Å². The summed E-state index contributed by atoms with van der Waals surface area (Å²) in [4.78, 5) is 0. The van der Waals surface area contributed by atoms with Crippen LogP contribution in [0.1, 0.15) is 12.5 Å². The highest BCUT2D eigenvalue weighted by atomic mass is 16.5. The molecule has 0 saturated heterocycles. The van der Waals surface area contributed by atoms with Crippen molar-refractivity contribution >= 4 is 0 Å². The Morgan fingerprint density at radius 2 is 2.00 bits per heavy atom. The highest BCUT2D eigenvalue weighted by Crippen LogP contribution is 2.29.